The summed E-state index contributed by atoms with van der Waals surface area (Å²) in [6, 6.07) is 7.24. The number of benzene rings is 1. The van der Waals surface area contributed by atoms with Crippen molar-refractivity contribution >= 4 is 0 Å². The Labute approximate surface area is 89.9 Å². The van der Waals surface area contributed by atoms with Gasteiger partial charge in [-0.15, -0.1) is 0 Å². The first-order valence-electron chi connectivity index (χ1n) is 5.39. The fraction of sp³-hybridized carbons (Fsp3) is 0.500. The van der Waals surface area contributed by atoms with Crippen LogP contribution in [0.5, 0.6) is 5.75 Å². The predicted octanol–water partition coefficient (Wildman–Crippen LogP) is 1.82. The molecule has 1 fully saturated rings. The van der Waals surface area contributed by atoms with Crippen molar-refractivity contribution in [1.29, 1.82) is 0 Å². The molecule has 82 valence electrons. The van der Waals surface area contributed by atoms with Crippen LogP contribution in [0.2, 0.25) is 0 Å². The summed E-state index contributed by atoms with van der Waals surface area (Å²) in [7, 11) is 0. The maximum Gasteiger partial charge on any atom is 0.115 e. The molecule has 0 radical (unpaired) electrons. The molecule has 0 aliphatic carbocycles. The van der Waals surface area contributed by atoms with Crippen LogP contribution in [0, 0.1) is 5.92 Å². The van der Waals surface area contributed by atoms with Gasteiger partial charge in [-0.1, -0.05) is 12.1 Å². The highest BCUT2D eigenvalue weighted by Crippen LogP contribution is 2.29. The zero-order valence-corrected chi connectivity index (χ0v) is 8.73. The molecule has 0 unspecified atom stereocenters. The summed E-state index contributed by atoms with van der Waals surface area (Å²) in [6.07, 6.45) is 2.02. The van der Waals surface area contributed by atoms with Crippen molar-refractivity contribution in [2.45, 2.75) is 18.9 Å². The summed E-state index contributed by atoms with van der Waals surface area (Å²) in [6.45, 7) is 1.61. The lowest BCUT2D eigenvalue weighted by Gasteiger charge is -2.27. The van der Waals surface area contributed by atoms with E-state index in [1.165, 1.54) is 0 Å². The molecular weight excluding hydrogens is 190 g/mol. The quantitative estimate of drug-likeness (QED) is 0.777. The number of rotatable bonds is 2. The van der Waals surface area contributed by atoms with E-state index in [-0.39, 0.29) is 11.8 Å². The molecule has 0 bridgehead atoms. The third-order valence-corrected chi connectivity index (χ3v) is 3.03. The van der Waals surface area contributed by atoms with Crippen molar-refractivity contribution in [3.05, 3.63) is 29.8 Å². The first-order chi connectivity index (χ1) is 7.27. The smallest absolute Gasteiger partial charge is 0.115 e. The molecule has 0 amide bonds. The maximum absolute atomic E-state index is 9.38. The molecule has 0 saturated carbocycles. The highest BCUT2D eigenvalue weighted by atomic mass is 16.5. The van der Waals surface area contributed by atoms with Crippen molar-refractivity contribution in [1.82, 2.24) is 0 Å². The van der Waals surface area contributed by atoms with Gasteiger partial charge in [0.05, 0.1) is 0 Å². The van der Waals surface area contributed by atoms with E-state index in [4.69, 9.17) is 10.5 Å². The van der Waals surface area contributed by atoms with Crippen LogP contribution in [0.25, 0.3) is 0 Å². The minimum atomic E-state index is 0.0148. The number of hydrogen-bond acceptors (Lipinski definition) is 3. The maximum atomic E-state index is 9.38. The zero-order valence-electron chi connectivity index (χ0n) is 8.73. The molecule has 0 aromatic heterocycles. The summed E-state index contributed by atoms with van der Waals surface area (Å²) in [5.74, 6) is 0.760. The zero-order chi connectivity index (χ0) is 10.7. The minimum absolute atomic E-state index is 0.0148. The van der Waals surface area contributed by atoms with Gasteiger partial charge in [0, 0.05) is 19.3 Å². The Morgan fingerprint density at radius 2 is 2.07 bits per heavy atom. The molecule has 2 rings (SSSR count). The second-order valence-electron chi connectivity index (χ2n) is 4.07. The molecule has 1 aliphatic rings. The van der Waals surface area contributed by atoms with Gasteiger partial charge in [0.25, 0.3) is 0 Å². The Morgan fingerprint density at radius 3 is 2.73 bits per heavy atom. The summed E-state index contributed by atoms with van der Waals surface area (Å²) >= 11 is 0. The average Bonchev–Trinajstić information content (AvgIpc) is 2.29. The van der Waals surface area contributed by atoms with Crippen LogP contribution in [0.15, 0.2) is 24.3 Å². The number of phenols is 1. The molecule has 1 atom stereocenters. The fourth-order valence-electron chi connectivity index (χ4n) is 2.08. The highest BCUT2D eigenvalue weighted by Gasteiger charge is 2.22. The van der Waals surface area contributed by atoms with Crippen LogP contribution < -0.4 is 5.73 Å². The number of aromatic hydroxyl groups is 1. The van der Waals surface area contributed by atoms with Crippen LogP contribution >= 0.6 is 0 Å². The van der Waals surface area contributed by atoms with E-state index < -0.39 is 0 Å². The number of phenolic OH excluding ortho intramolecular Hbond substituents is 1. The first kappa shape index (κ1) is 10.5. The molecule has 1 saturated heterocycles. The summed E-state index contributed by atoms with van der Waals surface area (Å²) in [5, 5.41) is 9.38. The van der Waals surface area contributed by atoms with Crippen molar-refractivity contribution < 1.29 is 9.84 Å². The second kappa shape index (κ2) is 4.64. The molecule has 15 heavy (non-hydrogen) atoms. The summed E-state index contributed by atoms with van der Waals surface area (Å²) in [4.78, 5) is 0. The Hall–Kier alpha value is -1.06. The number of nitrogens with two attached hydrogens (primary N) is 1. The Balaban J connectivity index is 2.08. The van der Waals surface area contributed by atoms with E-state index in [0.717, 1.165) is 31.6 Å². The van der Waals surface area contributed by atoms with E-state index >= 15 is 0 Å². The predicted molar refractivity (Wildman–Crippen MR) is 58.6 cm³/mol. The molecule has 1 aromatic carbocycles. The Kier molecular flexibility index (Phi) is 3.23. The number of ether oxygens (including phenoxy) is 1. The van der Waals surface area contributed by atoms with Crippen molar-refractivity contribution in [3.8, 4) is 5.75 Å². The van der Waals surface area contributed by atoms with Crippen LogP contribution in [-0.4, -0.2) is 18.3 Å². The molecule has 1 aliphatic heterocycles. The van der Waals surface area contributed by atoms with Crippen molar-refractivity contribution in [2.75, 3.05) is 13.2 Å². The van der Waals surface area contributed by atoms with Crippen LogP contribution in [0.1, 0.15) is 24.4 Å². The van der Waals surface area contributed by atoms with Gasteiger partial charge in [-0.2, -0.15) is 0 Å². The van der Waals surface area contributed by atoms with Gasteiger partial charge >= 0.3 is 0 Å². The molecular formula is C12H17NO2. The van der Waals surface area contributed by atoms with Crippen molar-refractivity contribution in [2.24, 2.45) is 11.7 Å². The van der Waals surface area contributed by atoms with Crippen molar-refractivity contribution in [3.63, 3.8) is 0 Å². The van der Waals surface area contributed by atoms with Gasteiger partial charge in [-0.05, 0) is 36.5 Å². The van der Waals surface area contributed by atoms with E-state index in [2.05, 4.69) is 0 Å². The van der Waals surface area contributed by atoms with E-state index in [0.29, 0.717) is 5.92 Å². The Bertz CT molecular complexity index is 321. The fourth-order valence-corrected chi connectivity index (χ4v) is 2.08. The normalized spacial score (nSPS) is 20.1. The molecule has 1 heterocycles. The van der Waals surface area contributed by atoms with Gasteiger partial charge in [-0.3, -0.25) is 0 Å². The molecule has 0 spiro atoms. The van der Waals surface area contributed by atoms with E-state index in [1.54, 1.807) is 12.1 Å². The number of hydrogen-bond donors (Lipinski definition) is 2. The first-order valence-corrected chi connectivity index (χ1v) is 5.39. The third-order valence-electron chi connectivity index (χ3n) is 3.03. The van der Waals surface area contributed by atoms with Gasteiger partial charge < -0.3 is 15.6 Å². The minimum Gasteiger partial charge on any atom is -0.508 e. The van der Waals surface area contributed by atoms with Gasteiger partial charge in [0.15, 0.2) is 0 Å². The average molecular weight is 207 g/mol. The standard InChI is InChI=1S/C12H17NO2/c13-12(9-4-6-15-7-5-9)10-2-1-3-11(14)8-10/h1-3,8-9,12,14H,4-7,13H2/t12-/m0/s1. The lowest BCUT2D eigenvalue weighted by atomic mass is 9.88. The SMILES string of the molecule is N[C@H](c1cccc(O)c1)C1CCOCC1. The van der Waals surface area contributed by atoms with Crippen LogP contribution in [0.3, 0.4) is 0 Å². The molecule has 3 heteroatoms. The van der Waals surface area contributed by atoms with Gasteiger partial charge in [-0.25, -0.2) is 0 Å². The summed E-state index contributed by atoms with van der Waals surface area (Å²) in [5.41, 5.74) is 7.19. The second-order valence-corrected chi connectivity index (χ2v) is 4.07. The van der Waals surface area contributed by atoms with Gasteiger partial charge in [0.1, 0.15) is 5.75 Å². The lowest BCUT2D eigenvalue weighted by molar-refractivity contribution is 0.0583. The third kappa shape index (κ3) is 2.49. The molecule has 1 aromatic rings. The van der Waals surface area contributed by atoms with Gasteiger partial charge in [0.2, 0.25) is 0 Å². The molecule has 3 N–H and O–H groups in total. The topological polar surface area (TPSA) is 55.5 Å². The van der Waals surface area contributed by atoms with Crippen LogP contribution in [0.4, 0.5) is 0 Å². The highest BCUT2D eigenvalue weighted by molar-refractivity contribution is 5.29. The largest absolute Gasteiger partial charge is 0.508 e. The lowest BCUT2D eigenvalue weighted by Crippen LogP contribution is -2.27. The summed E-state index contributed by atoms with van der Waals surface area (Å²) < 4.78 is 5.30. The Morgan fingerprint density at radius 1 is 1.33 bits per heavy atom. The molecule has 3 nitrogen and oxygen atoms in total. The van der Waals surface area contributed by atoms with Crippen LogP contribution in [-0.2, 0) is 4.74 Å². The monoisotopic (exact) mass is 207 g/mol. The van der Waals surface area contributed by atoms with E-state index in [9.17, 15) is 5.11 Å². The van der Waals surface area contributed by atoms with E-state index in [1.807, 2.05) is 12.1 Å².